The molecule has 0 saturated carbocycles. The van der Waals surface area contributed by atoms with Gasteiger partial charge in [-0.2, -0.15) is 0 Å². The van der Waals surface area contributed by atoms with Crippen LogP contribution in [0.3, 0.4) is 0 Å². The number of rotatable bonds is 6. The summed E-state index contributed by atoms with van der Waals surface area (Å²) in [5.41, 5.74) is 1.17. The summed E-state index contributed by atoms with van der Waals surface area (Å²) in [6.07, 6.45) is 3.98. The first kappa shape index (κ1) is 13.8. The molecule has 0 saturated heterocycles. The summed E-state index contributed by atoms with van der Waals surface area (Å²) in [6.45, 7) is 6.19. The third-order valence-electron chi connectivity index (χ3n) is 2.97. The summed E-state index contributed by atoms with van der Waals surface area (Å²) in [7, 11) is 0. The van der Waals surface area contributed by atoms with Gasteiger partial charge < -0.3 is 4.74 Å². The Labute approximate surface area is 104 Å². The van der Waals surface area contributed by atoms with E-state index in [-0.39, 0.29) is 11.9 Å². The average molecular weight is 234 g/mol. The largest absolute Gasteiger partial charge is 0.426 e. The Kier molecular flexibility index (Phi) is 5.75. The molecule has 0 heterocycles. The molecule has 0 amide bonds. The molecular weight excluding hydrogens is 212 g/mol. The Morgan fingerprint density at radius 3 is 2.41 bits per heavy atom. The zero-order valence-electron chi connectivity index (χ0n) is 11.0. The van der Waals surface area contributed by atoms with Crippen LogP contribution in [0, 0.1) is 12.8 Å². The Morgan fingerprint density at radius 1 is 1.24 bits per heavy atom. The van der Waals surface area contributed by atoms with Gasteiger partial charge in [-0.3, -0.25) is 4.79 Å². The van der Waals surface area contributed by atoms with Gasteiger partial charge >= 0.3 is 5.97 Å². The van der Waals surface area contributed by atoms with Crippen LogP contribution in [0.15, 0.2) is 24.3 Å². The Morgan fingerprint density at radius 2 is 1.88 bits per heavy atom. The van der Waals surface area contributed by atoms with Crippen molar-refractivity contribution in [3.63, 3.8) is 0 Å². The highest BCUT2D eigenvalue weighted by Crippen LogP contribution is 2.18. The van der Waals surface area contributed by atoms with Gasteiger partial charge in [0.05, 0.1) is 5.92 Å². The quantitative estimate of drug-likeness (QED) is 0.546. The van der Waals surface area contributed by atoms with Gasteiger partial charge in [-0.25, -0.2) is 0 Å². The second-order valence-corrected chi connectivity index (χ2v) is 4.48. The second kappa shape index (κ2) is 7.10. The lowest BCUT2D eigenvalue weighted by molar-refractivity contribution is -0.139. The molecule has 2 heteroatoms. The fourth-order valence-electron chi connectivity index (χ4n) is 1.74. The predicted octanol–water partition coefficient (Wildman–Crippen LogP) is 4.12. The van der Waals surface area contributed by atoms with Crippen molar-refractivity contribution in [2.75, 3.05) is 0 Å². The molecule has 1 unspecified atom stereocenters. The summed E-state index contributed by atoms with van der Waals surface area (Å²) in [5.74, 6) is 0.594. The van der Waals surface area contributed by atoms with E-state index in [0.717, 1.165) is 25.7 Å². The van der Waals surface area contributed by atoms with E-state index in [0.29, 0.717) is 5.75 Å². The number of benzene rings is 1. The zero-order chi connectivity index (χ0) is 12.7. The smallest absolute Gasteiger partial charge is 0.314 e. The molecule has 0 N–H and O–H groups in total. The molecule has 1 rings (SSSR count). The lowest BCUT2D eigenvalue weighted by Crippen LogP contribution is -2.19. The van der Waals surface area contributed by atoms with Crippen molar-refractivity contribution < 1.29 is 9.53 Å². The Bertz CT molecular complexity index is 340. The minimum Gasteiger partial charge on any atom is -0.426 e. The van der Waals surface area contributed by atoms with Crippen LogP contribution in [-0.4, -0.2) is 5.97 Å². The molecule has 0 aliphatic heterocycles. The summed E-state index contributed by atoms with van der Waals surface area (Å²) in [4.78, 5) is 11.9. The Hall–Kier alpha value is -1.31. The van der Waals surface area contributed by atoms with Crippen LogP contribution in [0.25, 0.3) is 0 Å². The summed E-state index contributed by atoms with van der Waals surface area (Å²) in [5, 5.41) is 0. The lowest BCUT2D eigenvalue weighted by Gasteiger charge is -2.13. The third-order valence-corrected chi connectivity index (χ3v) is 2.97. The molecule has 1 atom stereocenters. The van der Waals surface area contributed by atoms with Crippen molar-refractivity contribution in [1.82, 2.24) is 0 Å². The summed E-state index contributed by atoms with van der Waals surface area (Å²) >= 11 is 0. The fourth-order valence-corrected chi connectivity index (χ4v) is 1.74. The van der Waals surface area contributed by atoms with Gasteiger partial charge in [-0.05, 0) is 31.9 Å². The van der Waals surface area contributed by atoms with Crippen molar-refractivity contribution in [2.45, 2.75) is 46.5 Å². The molecule has 94 valence electrons. The van der Waals surface area contributed by atoms with Gasteiger partial charge in [0.25, 0.3) is 0 Å². The van der Waals surface area contributed by atoms with Crippen molar-refractivity contribution in [3.8, 4) is 5.75 Å². The van der Waals surface area contributed by atoms with E-state index in [2.05, 4.69) is 6.92 Å². The number of carbonyl (C=O) groups is 1. The molecule has 2 nitrogen and oxygen atoms in total. The highest BCUT2D eigenvalue weighted by molar-refractivity contribution is 5.75. The number of carbonyl (C=O) groups excluding carboxylic acids is 1. The van der Waals surface area contributed by atoms with E-state index >= 15 is 0 Å². The summed E-state index contributed by atoms with van der Waals surface area (Å²) in [6, 6.07) is 7.60. The van der Waals surface area contributed by atoms with Gasteiger partial charge in [0, 0.05) is 0 Å². The summed E-state index contributed by atoms with van der Waals surface area (Å²) < 4.78 is 5.38. The molecule has 1 aromatic carbocycles. The van der Waals surface area contributed by atoms with Gasteiger partial charge in [-0.1, -0.05) is 44.4 Å². The molecule has 17 heavy (non-hydrogen) atoms. The van der Waals surface area contributed by atoms with E-state index in [1.165, 1.54) is 5.56 Å². The van der Waals surface area contributed by atoms with Crippen LogP contribution in [0.4, 0.5) is 0 Å². The van der Waals surface area contributed by atoms with E-state index in [4.69, 9.17) is 4.74 Å². The van der Waals surface area contributed by atoms with Crippen molar-refractivity contribution in [2.24, 2.45) is 5.92 Å². The highest BCUT2D eigenvalue weighted by atomic mass is 16.5. The van der Waals surface area contributed by atoms with E-state index in [9.17, 15) is 4.79 Å². The van der Waals surface area contributed by atoms with Crippen LogP contribution in [-0.2, 0) is 4.79 Å². The topological polar surface area (TPSA) is 26.3 Å². The minimum absolute atomic E-state index is 0.0382. The van der Waals surface area contributed by atoms with Crippen molar-refractivity contribution >= 4 is 5.97 Å². The van der Waals surface area contributed by atoms with Crippen molar-refractivity contribution in [3.05, 3.63) is 29.8 Å². The predicted molar refractivity (Wildman–Crippen MR) is 70.1 cm³/mol. The molecule has 0 aliphatic rings. The third kappa shape index (κ3) is 4.59. The molecular formula is C15H22O2. The highest BCUT2D eigenvalue weighted by Gasteiger charge is 2.17. The van der Waals surface area contributed by atoms with Crippen LogP contribution < -0.4 is 4.74 Å². The zero-order valence-corrected chi connectivity index (χ0v) is 11.0. The number of ether oxygens (including phenoxy) is 1. The van der Waals surface area contributed by atoms with Crippen molar-refractivity contribution in [1.29, 1.82) is 0 Å². The number of unbranched alkanes of at least 4 members (excludes halogenated alkanes) is 1. The molecule has 0 fully saturated rings. The first-order chi connectivity index (χ1) is 8.17. The molecule has 0 aliphatic carbocycles. The van der Waals surface area contributed by atoms with Gasteiger partial charge in [0.15, 0.2) is 0 Å². The van der Waals surface area contributed by atoms with Crippen LogP contribution in [0.2, 0.25) is 0 Å². The van der Waals surface area contributed by atoms with E-state index < -0.39 is 0 Å². The molecule has 0 aromatic heterocycles. The van der Waals surface area contributed by atoms with Crippen LogP contribution in [0.1, 0.15) is 45.1 Å². The first-order valence-electron chi connectivity index (χ1n) is 6.45. The molecule has 1 aromatic rings. The van der Waals surface area contributed by atoms with Gasteiger partial charge in [0.2, 0.25) is 0 Å². The maximum absolute atomic E-state index is 11.9. The monoisotopic (exact) mass is 234 g/mol. The number of aryl methyl sites for hydroxylation is 1. The number of esters is 1. The number of hydrogen-bond donors (Lipinski definition) is 0. The SMILES string of the molecule is CCCCC(CC)C(=O)Oc1ccc(C)cc1. The normalized spacial score (nSPS) is 12.2. The minimum atomic E-state index is -0.0928. The lowest BCUT2D eigenvalue weighted by atomic mass is 10.00. The van der Waals surface area contributed by atoms with Gasteiger partial charge in [-0.15, -0.1) is 0 Å². The second-order valence-electron chi connectivity index (χ2n) is 4.48. The maximum Gasteiger partial charge on any atom is 0.314 e. The van der Waals surface area contributed by atoms with Crippen LogP contribution >= 0.6 is 0 Å². The van der Waals surface area contributed by atoms with Crippen LogP contribution in [0.5, 0.6) is 5.75 Å². The molecule has 0 radical (unpaired) electrons. The average Bonchev–Trinajstić information content (AvgIpc) is 2.33. The van der Waals surface area contributed by atoms with E-state index in [1.54, 1.807) is 0 Å². The maximum atomic E-state index is 11.9. The fraction of sp³-hybridized carbons (Fsp3) is 0.533. The molecule has 0 bridgehead atoms. The standard InChI is InChI=1S/C15H22O2/c1-4-6-7-13(5-2)15(16)17-14-10-8-12(3)9-11-14/h8-11,13H,4-7H2,1-3H3. The molecule has 0 spiro atoms. The van der Waals surface area contributed by atoms with E-state index in [1.807, 2.05) is 38.1 Å². The van der Waals surface area contributed by atoms with Gasteiger partial charge in [0.1, 0.15) is 5.75 Å². The number of hydrogen-bond acceptors (Lipinski definition) is 2. The first-order valence-corrected chi connectivity index (χ1v) is 6.45. The Balaban J connectivity index is 2.54.